The lowest BCUT2D eigenvalue weighted by Crippen LogP contribution is -2.00. The SMILES string of the molecule is COc1cc(F)cc(OC)c1C=CS(=O)(=O)Cc1ccc(Cl)cc1. The highest BCUT2D eigenvalue weighted by molar-refractivity contribution is 7.93. The first-order valence-corrected chi connectivity index (χ1v) is 9.01. The topological polar surface area (TPSA) is 52.6 Å². The van der Waals surface area contributed by atoms with Gasteiger partial charge in [0.2, 0.25) is 0 Å². The molecule has 0 spiro atoms. The molecule has 7 heteroatoms. The van der Waals surface area contributed by atoms with Crippen molar-refractivity contribution >= 4 is 27.5 Å². The van der Waals surface area contributed by atoms with Crippen molar-refractivity contribution in [2.45, 2.75) is 5.75 Å². The second kappa shape index (κ2) is 7.68. The molecule has 0 aliphatic rings. The summed E-state index contributed by atoms with van der Waals surface area (Å²) in [5.41, 5.74) is 0.961. The van der Waals surface area contributed by atoms with E-state index in [2.05, 4.69) is 0 Å². The molecule has 2 aromatic carbocycles. The molecule has 2 aromatic rings. The average molecular weight is 371 g/mol. The van der Waals surface area contributed by atoms with Crippen LogP contribution in [0, 0.1) is 5.82 Å². The van der Waals surface area contributed by atoms with Gasteiger partial charge in [-0.05, 0) is 23.8 Å². The van der Waals surface area contributed by atoms with E-state index in [4.69, 9.17) is 21.1 Å². The van der Waals surface area contributed by atoms with E-state index in [1.807, 2.05) is 0 Å². The van der Waals surface area contributed by atoms with Crippen molar-refractivity contribution in [1.82, 2.24) is 0 Å². The predicted molar refractivity (Wildman–Crippen MR) is 92.6 cm³/mol. The Morgan fingerprint density at radius 2 is 1.62 bits per heavy atom. The van der Waals surface area contributed by atoms with Gasteiger partial charge >= 0.3 is 0 Å². The molecule has 128 valence electrons. The summed E-state index contributed by atoms with van der Waals surface area (Å²) in [5, 5.41) is 1.59. The van der Waals surface area contributed by atoms with E-state index >= 15 is 0 Å². The van der Waals surface area contributed by atoms with Crippen LogP contribution in [0.15, 0.2) is 41.8 Å². The molecule has 0 aromatic heterocycles. The number of rotatable bonds is 6. The Labute approximate surface area is 145 Å². The van der Waals surface area contributed by atoms with E-state index in [9.17, 15) is 12.8 Å². The van der Waals surface area contributed by atoms with Crippen LogP contribution in [0.5, 0.6) is 11.5 Å². The molecule has 24 heavy (non-hydrogen) atoms. The lowest BCUT2D eigenvalue weighted by atomic mass is 10.1. The molecule has 4 nitrogen and oxygen atoms in total. The summed E-state index contributed by atoms with van der Waals surface area (Å²) in [7, 11) is -0.797. The Morgan fingerprint density at radius 1 is 1.08 bits per heavy atom. The molecular weight excluding hydrogens is 355 g/mol. The van der Waals surface area contributed by atoms with E-state index in [1.54, 1.807) is 24.3 Å². The third kappa shape index (κ3) is 4.72. The Morgan fingerprint density at radius 3 is 2.12 bits per heavy atom. The van der Waals surface area contributed by atoms with Gasteiger partial charge in [0.25, 0.3) is 0 Å². The molecule has 2 rings (SSSR count). The second-order valence-corrected chi connectivity index (χ2v) is 7.28. The quantitative estimate of drug-likeness (QED) is 0.768. The highest BCUT2D eigenvalue weighted by atomic mass is 35.5. The first kappa shape index (κ1) is 18.3. The van der Waals surface area contributed by atoms with Gasteiger partial charge < -0.3 is 9.47 Å². The third-order valence-electron chi connectivity index (χ3n) is 3.23. The largest absolute Gasteiger partial charge is 0.496 e. The van der Waals surface area contributed by atoms with Crippen molar-refractivity contribution in [2.75, 3.05) is 14.2 Å². The van der Waals surface area contributed by atoms with Gasteiger partial charge in [0.1, 0.15) is 17.3 Å². The zero-order chi connectivity index (χ0) is 17.7. The summed E-state index contributed by atoms with van der Waals surface area (Å²) < 4.78 is 48.1. The van der Waals surface area contributed by atoms with E-state index in [0.717, 1.165) is 17.5 Å². The minimum atomic E-state index is -3.53. The number of methoxy groups -OCH3 is 2. The average Bonchev–Trinajstić information content (AvgIpc) is 2.54. The lowest BCUT2D eigenvalue weighted by molar-refractivity contribution is 0.387. The highest BCUT2D eigenvalue weighted by Gasteiger charge is 2.13. The van der Waals surface area contributed by atoms with Crippen molar-refractivity contribution in [3.63, 3.8) is 0 Å². The number of hydrogen-bond acceptors (Lipinski definition) is 4. The van der Waals surface area contributed by atoms with Gasteiger partial charge in [-0.15, -0.1) is 0 Å². The maximum atomic E-state index is 13.5. The first-order chi connectivity index (χ1) is 11.3. The van der Waals surface area contributed by atoms with Crippen molar-refractivity contribution < 1.29 is 22.3 Å². The van der Waals surface area contributed by atoms with Crippen molar-refractivity contribution in [1.29, 1.82) is 0 Å². The molecule has 0 N–H and O–H groups in total. The molecule has 0 bridgehead atoms. The summed E-state index contributed by atoms with van der Waals surface area (Å²) in [4.78, 5) is 0. The van der Waals surface area contributed by atoms with Gasteiger partial charge in [0.15, 0.2) is 9.84 Å². The van der Waals surface area contributed by atoms with Gasteiger partial charge in [-0.25, -0.2) is 12.8 Å². The Balaban J connectivity index is 2.30. The van der Waals surface area contributed by atoms with E-state index in [0.29, 0.717) is 16.1 Å². The maximum absolute atomic E-state index is 13.5. The second-order valence-electron chi connectivity index (χ2n) is 4.96. The standard InChI is InChI=1S/C17H16ClFO4S/c1-22-16-9-14(19)10-17(23-2)15(16)7-8-24(20,21)11-12-3-5-13(18)6-4-12/h3-10H,11H2,1-2H3. The van der Waals surface area contributed by atoms with Gasteiger partial charge in [-0.2, -0.15) is 0 Å². The lowest BCUT2D eigenvalue weighted by Gasteiger charge is -2.10. The van der Waals surface area contributed by atoms with E-state index in [1.165, 1.54) is 20.3 Å². The number of halogens is 2. The van der Waals surface area contributed by atoms with E-state index in [-0.39, 0.29) is 17.3 Å². The van der Waals surface area contributed by atoms with Crippen molar-refractivity contribution in [2.24, 2.45) is 0 Å². The maximum Gasteiger partial charge on any atom is 0.175 e. The third-order valence-corrected chi connectivity index (χ3v) is 4.77. The molecule has 0 saturated heterocycles. The smallest absolute Gasteiger partial charge is 0.175 e. The Hall–Kier alpha value is -2.05. The van der Waals surface area contributed by atoms with Gasteiger partial charge in [-0.1, -0.05) is 23.7 Å². The number of hydrogen-bond donors (Lipinski definition) is 0. The Kier molecular flexibility index (Phi) is 5.85. The molecule has 0 unspecified atom stereocenters. The molecule has 0 radical (unpaired) electrons. The molecule has 0 saturated carbocycles. The van der Waals surface area contributed by atoms with Gasteiger partial charge in [-0.3, -0.25) is 0 Å². The summed E-state index contributed by atoms with van der Waals surface area (Å²) in [6.45, 7) is 0. The number of sulfone groups is 1. The van der Waals surface area contributed by atoms with Crippen LogP contribution in [-0.4, -0.2) is 22.6 Å². The first-order valence-electron chi connectivity index (χ1n) is 6.91. The van der Waals surface area contributed by atoms with Crippen LogP contribution in [0.2, 0.25) is 5.02 Å². The molecule has 0 fully saturated rings. The number of ether oxygens (including phenoxy) is 2. The fourth-order valence-electron chi connectivity index (χ4n) is 2.10. The van der Waals surface area contributed by atoms with Crippen molar-refractivity contribution in [3.05, 3.63) is 63.8 Å². The molecule has 0 atom stereocenters. The van der Waals surface area contributed by atoms with Crippen LogP contribution in [0.3, 0.4) is 0 Å². The normalized spacial score (nSPS) is 11.7. The number of benzene rings is 2. The van der Waals surface area contributed by atoms with E-state index < -0.39 is 15.7 Å². The highest BCUT2D eigenvalue weighted by Crippen LogP contribution is 2.31. The zero-order valence-corrected chi connectivity index (χ0v) is 14.7. The van der Waals surface area contributed by atoms with Crippen molar-refractivity contribution in [3.8, 4) is 11.5 Å². The fraction of sp³-hybridized carbons (Fsp3) is 0.176. The van der Waals surface area contributed by atoms with Gasteiger partial charge in [0.05, 0.1) is 25.5 Å². The fourth-order valence-corrected chi connectivity index (χ4v) is 3.33. The van der Waals surface area contributed by atoms with Crippen LogP contribution < -0.4 is 9.47 Å². The van der Waals surface area contributed by atoms with Crippen LogP contribution in [0.25, 0.3) is 6.08 Å². The summed E-state index contributed by atoms with van der Waals surface area (Å²) >= 11 is 5.78. The van der Waals surface area contributed by atoms with Crippen LogP contribution in [0.4, 0.5) is 4.39 Å². The minimum Gasteiger partial charge on any atom is -0.496 e. The summed E-state index contributed by atoms with van der Waals surface area (Å²) in [5.74, 6) is -0.341. The van der Waals surface area contributed by atoms with Gasteiger partial charge in [0, 0.05) is 22.6 Å². The zero-order valence-electron chi connectivity index (χ0n) is 13.1. The minimum absolute atomic E-state index is 0.174. The molecule has 0 amide bonds. The molecule has 0 heterocycles. The molecule has 0 aliphatic carbocycles. The summed E-state index contributed by atoms with van der Waals surface area (Å²) in [6.07, 6.45) is 1.34. The van der Waals surface area contributed by atoms with Crippen LogP contribution in [-0.2, 0) is 15.6 Å². The molecular formula is C17H16ClFO4S. The predicted octanol–water partition coefficient (Wildman–Crippen LogP) is 4.08. The monoisotopic (exact) mass is 370 g/mol. The van der Waals surface area contributed by atoms with Crippen LogP contribution in [0.1, 0.15) is 11.1 Å². The summed E-state index contributed by atoms with van der Waals surface area (Å²) in [6, 6.07) is 8.87. The van der Waals surface area contributed by atoms with Crippen LogP contribution >= 0.6 is 11.6 Å². The Bertz CT molecular complexity index is 820. The molecule has 0 aliphatic heterocycles.